The molecule has 1 aromatic rings. The smallest absolute Gasteiger partial charge is 0.127 e. The molecule has 1 aliphatic rings. The Kier molecular flexibility index (Phi) is 3.23. The van der Waals surface area contributed by atoms with Gasteiger partial charge < -0.3 is 10.7 Å². The van der Waals surface area contributed by atoms with Crippen LogP contribution in [0.5, 0.6) is 0 Å². The van der Waals surface area contributed by atoms with Crippen molar-refractivity contribution in [2.24, 2.45) is 5.73 Å². The van der Waals surface area contributed by atoms with Crippen molar-refractivity contribution < 1.29 is 0 Å². The van der Waals surface area contributed by atoms with E-state index in [2.05, 4.69) is 25.9 Å². The average molecular weight is 258 g/mol. The Morgan fingerprint density at radius 2 is 2.14 bits per heavy atom. The number of imidazole rings is 1. The second-order valence-corrected chi connectivity index (χ2v) is 4.66. The van der Waals surface area contributed by atoms with Crippen LogP contribution in [0.4, 0.5) is 0 Å². The Balaban J connectivity index is 2.15. The highest BCUT2D eigenvalue weighted by Crippen LogP contribution is 2.36. The van der Waals surface area contributed by atoms with E-state index in [9.17, 15) is 0 Å². The van der Waals surface area contributed by atoms with Gasteiger partial charge in [0.1, 0.15) is 10.4 Å². The summed E-state index contributed by atoms with van der Waals surface area (Å²) in [5.74, 6) is 1.70. The van der Waals surface area contributed by atoms with E-state index in [0.717, 1.165) is 16.8 Å². The number of nitrogens with zero attached hydrogens (tertiary/aromatic N) is 1. The van der Waals surface area contributed by atoms with Crippen LogP contribution in [-0.4, -0.2) is 16.5 Å². The fourth-order valence-electron chi connectivity index (χ4n) is 2.15. The third kappa shape index (κ3) is 2.01. The molecule has 0 spiro atoms. The van der Waals surface area contributed by atoms with Crippen LogP contribution in [0.1, 0.15) is 43.1 Å². The van der Waals surface area contributed by atoms with Gasteiger partial charge in [-0.3, -0.25) is 0 Å². The zero-order valence-electron chi connectivity index (χ0n) is 8.22. The molecule has 3 N–H and O–H groups in total. The van der Waals surface area contributed by atoms with Crippen molar-refractivity contribution in [1.29, 1.82) is 0 Å². The topological polar surface area (TPSA) is 54.7 Å². The monoisotopic (exact) mass is 257 g/mol. The largest absolute Gasteiger partial charge is 0.345 e. The summed E-state index contributed by atoms with van der Waals surface area (Å²) in [5.41, 5.74) is 6.78. The van der Waals surface area contributed by atoms with Crippen LogP contribution in [0.15, 0.2) is 4.60 Å². The number of hydrogen-bond donors (Lipinski definition) is 2. The van der Waals surface area contributed by atoms with Crippen LogP contribution in [-0.2, 0) is 6.42 Å². The highest BCUT2D eigenvalue weighted by molar-refractivity contribution is 9.10. The first-order chi connectivity index (χ1) is 6.81. The van der Waals surface area contributed by atoms with Gasteiger partial charge >= 0.3 is 0 Å². The number of aromatic amines is 1. The van der Waals surface area contributed by atoms with Gasteiger partial charge in [-0.15, -0.1) is 0 Å². The lowest BCUT2D eigenvalue weighted by atomic mass is 10.1. The number of nitrogens with two attached hydrogens (primary N) is 1. The zero-order chi connectivity index (χ0) is 9.97. The molecule has 1 aliphatic carbocycles. The summed E-state index contributed by atoms with van der Waals surface area (Å²) >= 11 is 3.51. The molecule has 1 heterocycles. The molecule has 1 aromatic heterocycles. The summed E-state index contributed by atoms with van der Waals surface area (Å²) in [7, 11) is 0. The predicted octanol–water partition coefficient (Wildman–Crippen LogP) is 2.33. The molecule has 0 radical (unpaired) electrons. The Hall–Kier alpha value is -0.350. The summed E-state index contributed by atoms with van der Waals surface area (Å²) in [5, 5.41) is 0. The van der Waals surface area contributed by atoms with Crippen molar-refractivity contribution in [2.45, 2.75) is 38.0 Å². The Morgan fingerprint density at radius 3 is 2.79 bits per heavy atom. The Labute approximate surface area is 92.6 Å². The van der Waals surface area contributed by atoms with E-state index in [4.69, 9.17) is 5.73 Å². The number of nitrogens with one attached hydrogen (secondary N) is 1. The molecule has 1 saturated carbocycles. The van der Waals surface area contributed by atoms with Gasteiger partial charge in [0.15, 0.2) is 0 Å². The van der Waals surface area contributed by atoms with Gasteiger partial charge in [-0.2, -0.15) is 0 Å². The first kappa shape index (κ1) is 10.2. The van der Waals surface area contributed by atoms with Crippen molar-refractivity contribution in [3.8, 4) is 0 Å². The Bertz CT molecular complexity index is 302. The maximum Gasteiger partial charge on any atom is 0.127 e. The lowest BCUT2D eigenvalue weighted by Crippen LogP contribution is -2.04. The summed E-state index contributed by atoms with van der Waals surface area (Å²) < 4.78 is 0.993. The van der Waals surface area contributed by atoms with Crippen molar-refractivity contribution in [3.05, 3.63) is 16.1 Å². The van der Waals surface area contributed by atoms with Gasteiger partial charge in [0.25, 0.3) is 0 Å². The summed E-state index contributed by atoms with van der Waals surface area (Å²) in [6.45, 7) is 0.657. The molecule has 0 unspecified atom stereocenters. The van der Waals surface area contributed by atoms with Crippen LogP contribution in [0.25, 0.3) is 0 Å². The minimum atomic E-state index is 0.657. The molecule has 2 rings (SSSR count). The van der Waals surface area contributed by atoms with Crippen LogP contribution in [0.2, 0.25) is 0 Å². The molecule has 0 amide bonds. The van der Waals surface area contributed by atoms with Gasteiger partial charge in [-0.05, 0) is 35.3 Å². The second-order valence-electron chi connectivity index (χ2n) is 3.91. The van der Waals surface area contributed by atoms with Gasteiger partial charge in [-0.25, -0.2) is 4.98 Å². The Morgan fingerprint density at radius 1 is 1.43 bits per heavy atom. The van der Waals surface area contributed by atoms with E-state index in [1.54, 1.807) is 0 Å². The van der Waals surface area contributed by atoms with Crippen LogP contribution < -0.4 is 5.73 Å². The normalized spacial score (nSPS) is 17.9. The van der Waals surface area contributed by atoms with Crippen LogP contribution >= 0.6 is 15.9 Å². The van der Waals surface area contributed by atoms with Crippen LogP contribution in [0, 0.1) is 0 Å². The molecule has 0 saturated heterocycles. The summed E-state index contributed by atoms with van der Waals surface area (Å²) in [6, 6.07) is 0. The summed E-state index contributed by atoms with van der Waals surface area (Å²) in [6.07, 6.45) is 6.13. The highest BCUT2D eigenvalue weighted by atomic mass is 79.9. The first-order valence-electron chi connectivity index (χ1n) is 5.25. The van der Waals surface area contributed by atoms with Gasteiger partial charge in [0.05, 0.1) is 5.69 Å². The highest BCUT2D eigenvalue weighted by Gasteiger charge is 2.21. The van der Waals surface area contributed by atoms with E-state index in [0.29, 0.717) is 12.5 Å². The van der Waals surface area contributed by atoms with Gasteiger partial charge in [0, 0.05) is 12.3 Å². The van der Waals surface area contributed by atoms with Crippen LogP contribution in [0.3, 0.4) is 0 Å². The van der Waals surface area contributed by atoms with E-state index >= 15 is 0 Å². The number of rotatable bonds is 3. The van der Waals surface area contributed by atoms with Crippen molar-refractivity contribution >= 4 is 15.9 Å². The van der Waals surface area contributed by atoms with E-state index in [1.165, 1.54) is 31.4 Å². The number of aromatic nitrogens is 2. The molecule has 1 fully saturated rings. The fourth-order valence-corrected chi connectivity index (χ4v) is 2.79. The second kappa shape index (κ2) is 4.45. The molecular formula is C10H16BrN3. The first-order valence-corrected chi connectivity index (χ1v) is 6.05. The van der Waals surface area contributed by atoms with Crippen molar-refractivity contribution in [2.75, 3.05) is 6.54 Å². The zero-order valence-corrected chi connectivity index (χ0v) is 9.81. The molecule has 0 aromatic carbocycles. The molecule has 4 heteroatoms. The predicted molar refractivity (Wildman–Crippen MR) is 60.3 cm³/mol. The van der Waals surface area contributed by atoms with E-state index < -0.39 is 0 Å². The number of H-pyrrole nitrogens is 1. The number of hydrogen-bond acceptors (Lipinski definition) is 2. The number of halogens is 1. The maximum atomic E-state index is 5.50. The summed E-state index contributed by atoms with van der Waals surface area (Å²) in [4.78, 5) is 7.81. The lowest BCUT2D eigenvalue weighted by Gasteiger charge is -2.05. The quantitative estimate of drug-likeness (QED) is 0.874. The van der Waals surface area contributed by atoms with Gasteiger partial charge in [-0.1, -0.05) is 12.8 Å². The van der Waals surface area contributed by atoms with E-state index in [1.807, 2.05) is 0 Å². The van der Waals surface area contributed by atoms with Crippen molar-refractivity contribution in [1.82, 2.24) is 9.97 Å². The average Bonchev–Trinajstić information content (AvgIpc) is 2.74. The standard InChI is InChI=1S/C10H16BrN3/c11-10-9(7-3-1-2-4-7)13-8(14-10)5-6-12/h7H,1-6,12H2,(H,13,14). The molecule has 14 heavy (non-hydrogen) atoms. The molecule has 78 valence electrons. The van der Waals surface area contributed by atoms with Crippen molar-refractivity contribution in [3.63, 3.8) is 0 Å². The SMILES string of the molecule is NCCc1nc(Br)c(C2CCCC2)[nH]1. The molecular weight excluding hydrogens is 242 g/mol. The third-order valence-electron chi connectivity index (χ3n) is 2.88. The maximum absolute atomic E-state index is 5.50. The molecule has 3 nitrogen and oxygen atoms in total. The third-order valence-corrected chi connectivity index (χ3v) is 3.48. The van der Waals surface area contributed by atoms with Gasteiger partial charge in [0.2, 0.25) is 0 Å². The fraction of sp³-hybridized carbons (Fsp3) is 0.700. The minimum Gasteiger partial charge on any atom is -0.345 e. The molecule has 0 atom stereocenters. The molecule has 0 bridgehead atoms. The molecule has 0 aliphatic heterocycles. The lowest BCUT2D eigenvalue weighted by molar-refractivity contribution is 0.695. The van der Waals surface area contributed by atoms with E-state index in [-0.39, 0.29) is 0 Å². The minimum absolute atomic E-state index is 0.657.